The highest BCUT2D eigenvalue weighted by Gasteiger charge is 2.03. The first-order valence-corrected chi connectivity index (χ1v) is 4.27. The third kappa shape index (κ3) is 1.54. The molecule has 2 rings (SSSR count). The smallest absolute Gasteiger partial charge is 0.220 e. The Kier molecular flexibility index (Phi) is 2.10. The summed E-state index contributed by atoms with van der Waals surface area (Å²) >= 11 is 0. The van der Waals surface area contributed by atoms with E-state index in [-0.39, 0.29) is 0 Å². The molecule has 0 saturated carbocycles. The van der Waals surface area contributed by atoms with Gasteiger partial charge in [-0.05, 0) is 13.0 Å². The fourth-order valence-corrected chi connectivity index (χ4v) is 1.29. The van der Waals surface area contributed by atoms with E-state index in [0.29, 0.717) is 5.95 Å². The molecular weight excluding hydrogens is 176 g/mol. The van der Waals surface area contributed by atoms with Crippen molar-refractivity contribution in [1.29, 1.82) is 0 Å². The van der Waals surface area contributed by atoms with Crippen LogP contribution >= 0.6 is 0 Å². The molecule has 0 aliphatic carbocycles. The van der Waals surface area contributed by atoms with Crippen molar-refractivity contribution in [2.24, 2.45) is 0 Å². The third-order valence-corrected chi connectivity index (χ3v) is 1.97. The average molecular weight is 186 g/mol. The minimum Gasteiger partial charge on any atom is -0.368 e. The largest absolute Gasteiger partial charge is 0.368 e. The summed E-state index contributed by atoms with van der Waals surface area (Å²) in [5, 5.41) is 0. The maximum atomic E-state index is 5.47. The van der Waals surface area contributed by atoms with Gasteiger partial charge in [-0.25, -0.2) is 9.97 Å². The van der Waals surface area contributed by atoms with Gasteiger partial charge in [0.1, 0.15) is 0 Å². The second kappa shape index (κ2) is 3.41. The summed E-state index contributed by atoms with van der Waals surface area (Å²) in [6.07, 6.45) is 5.23. The predicted molar refractivity (Wildman–Crippen MR) is 54.4 cm³/mol. The second-order valence-corrected chi connectivity index (χ2v) is 2.97. The molecule has 0 bridgehead atoms. The Morgan fingerprint density at radius 1 is 1.29 bits per heavy atom. The molecule has 2 heterocycles. The zero-order chi connectivity index (χ0) is 9.97. The number of nitrogens with two attached hydrogens (primary N) is 1. The topological polar surface area (TPSA) is 64.7 Å². The highest BCUT2D eigenvalue weighted by atomic mass is 15.0. The van der Waals surface area contributed by atoms with Crippen LogP contribution in [0.1, 0.15) is 5.69 Å². The molecule has 70 valence electrons. The second-order valence-electron chi connectivity index (χ2n) is 2.97. The lowest BCUT2D eigenvalue weighted by Crippen LogP contribution is -1.97. The van der Waals surface area contributed by atoms with Crippen LogP contribution in [0.2, 0.25) is 0 Å². The number of anilines is 1. The molecule has 2 aromatic heterocycles. The highest BCUT2D eigenvalue weighted by molar-refractivity contribution is 5.64. The third-order valence-electron chi connectivity index (χ3n) is 1.97. The van der Waals surface area contributed by atoms with Crippen molar-refractivity contribution in [2.75, 3.05) is 5.73 Å². The number of pyridine rings is 1. The summed E-state index contributed by atoms with van der Waals surface area (Å²) in [6, 6.07) is 3.85. The molecule has 14 heavy (non-hydrogen) atoms. The standard InChI is InChI=1S/C10H10N4/c1-7-9(6-13-10(11)14-7)8-3-2-4-12-5-8/h2-6H,1H3,(H2,11,13,14). The lowest BCUT2D eigenvalue weighted by Gasteiger charge is -2.03. The van der Waals surface area contributed by atoms with Gasteiger partial charge in [-0.1, -0.05) is 6.07 Å². The normalized spacial score (nSPS) is 10.1. The first kappa shape index (κ1) is 8.62. The first-order valence-electron chi connectivity index (χ1n) is 4.27. The van der Waals surface area contributed by atoms with E-state index in [0.717, 1.165) is 16.8 Å². The van der Waals surface area contributed by atoms with Crippen molar-refractivity contribution in [1.82, 2.24) is 15.0 Å². The lowest BCUT2D eigenvalue weighted by molar-refractivity contribution is 1.12. The Bertz CT molecular complexity index is 439. The van der Waals surface area contributed by atoms with Crippen LogP contribution in [0.25, 0.3) is 11.1 Å². The zero-order valence-corrected chi connectivity index (χ0v) is 7.81. The predicted octanol–water partition coefficient (Wildman–Crippen LogP) is 1.43. The van der Waals surface area contributed by atoms with Crippen LogP contribution in [0, 0.1) is 6.92 Å². The van der Waals surface area contributed by atoms with Crippen molar-refractivity contribution in [3.05, 3.63) is 36.4 Å². The molecule has 0 amide bonds. The molecule has 0 fully saturated rings. The van der Waals surface area contributed by atoms with Gasteiger partial charge in [0.2, 0.25) is 5.95 Å². The highest BCUT2D eigenvalue weighted by Crippen LogP contribution is 2.19. The molecule has 0 saturated heterocycles. The molecule has 2 aromatic rings. The Balaban J connectivity index is 2.53. The van der Waals surface area contributed by atoms with Crippen molar-refractivity contribution in [2.45, 2.75) is 6.92 Å². The van der Waals surface area contributed by atoms with Gasteiger partial charge in [-0.15, -0.1) is 0 Å². The minimum absolute atomic E-state index is 0.301. The molecular formula is C10H10N4. The Morgan fingerprint density at radius 2 is 2.14 bits per heavy atom. The van der Waals surface area contributed by atoms with Crippen LogP contribution in [0.15, 0.2) is 30.7 Å². The zero-order valence-electron chi connectivity index (χ0n) is 7.81. The Labute approximate surface area is 81.9 Å². The SMILES string of the molecule is Cc1nc(N)ncc1-c1cccnc1. The van der Waals surface area contributed by atoms with Gasteiger partial charge in [0.05, 0.1) is 5.69 Å². The van der Waals surface area contributed by atoms with Crippen LogP contribution in [0.5, 0.6) is 0 Å². The molecule has 4 heteroatoms. The van der Waals surface area contributed by atoms with E-state index >= 15 is 0 Å². The van der Waals surface area contributed by atoms with Gasteiger partial charge < -0.3 is 5.73 Å². The Morgan fingerprint density at radius 3 is 2.79 bits per heavy atom. The minimum atomic E-state index is 0.301. The molecule has 0 spiro atoms. The van der Waals surface area contributed by atoms with Crippen molar-refractivity contribution >= 4 is 5.95 Å². The number of aromatic nitrogens is 3. The Hall–Kier alpha value is -1.97. The summed E-state index contributed by atoms with van der Waals surface area (Å²) in [6.45, 7) is 1.90. The molecule has 0 atom stereocenters. The first-order chi connectivity index (χ1) is 6.77. The maximum Gasteiger partial charge on any atom is 0.220 e. The van der Waals surface area contributed by atoms with Crippen molar-refractivity contribution < 1.29 is 0 Å². The van der Waals surface area contributed by atoms with Crippen LogP contribution in [-0.2, 0) is 0 Å². The molecule has 2 N–H and O–H groups in total. The number of nitrogens with zero attached hydrogens (tertiary/aromatic N) is 3. The summed E-state index contributed by atoms with van der Waals surface area (Å²) in [7, 11) is 0. The quantitative estimate of drug-likeness (QED) is 0.731. The van der Waals surface area contributed by atoms with Gasteiger partial charge in [0, 0.05) is 29.7 Å². The van der Waals surface area contributed by atoms with Gasteiger partial charge in [-0.3, -0.25) is 4.98 Å². The molecule has 0 aliphatic rings. The fourth-order valence-electron chi connectivity index (χ4n) is 1.29. The lowest BCUT2D eigenvalue weighted by atomic mass is 10.1. The molecule has 0 aromatic carbocycles. The van der Waals surface area contributed by atoms with Crippen LogP contribution in [-0.4, -0.2) is 15.0 Å². The number of hydrogen-bond acceptors (Lipinski definition) is 4. The van der Waals surface area contributed by atoms with Gasteiger partial charge >= 0.3 is 0 Å². The van der Waals surface area contributed by atoms with E-state index in [1.54, 1.807) is 18.6 Å². The van der Waals surface area contributed by atoms with Crippen LogP contribution in [0.4, 0.5) is 5.95 Å². The summed E-state index contributed by atoms with van der Waals surface area (Å²) in [4.78, 5) is 12.1. The van der Waals surface area contributed by atoms with Crippen molar-refractivity contribution in [3.63, 3.8) is 0 Å². The van der Waals surface area contributed by atoms with Crippen molar-refractivity contribution in [3.8, 4) is 11.1 Å². The van der Waals surface area contributed by atoms with E-state index < -0.39 is 0 Å². The fraction of sp³-hybridized carbons (Fsp3) is 0.100. The molecule has 0 radical (unpaired) electrons. The van der Waals surface area contributed by atoms with Crippen LogP contribution < -0.4 is 5.73 Å². The summed E-state index contributed by atoms with van der Waals surface area (Å²) < 4.78 is 0. The van der Waals surface area contributed by atoms with E-state index in [1.807, 2.05) is 19.1 Å². The van der Waals surface area contributed by atoms with Crippen LogP contribution in [0.3, 0.4) is 0 Å². The average Bonchev–Trinajstić information content (AvgIpc) is 2.19. The van der Waals surface area contributed by atoms with E-state index in [9.17, 15) is 0 Å². The van der Waals surface area contributed by atoms with Gasteiger partial charge in [0.25, 0.3) is 0 Å². The summed E-state index contributed by atoms with van der Waals surface area (Å²) in [5.74, 6) is 0.301. The van der Waals surface area contributed by atoms with Gasteiger partial charge in [-0.2, -0.15) is 0 Å². The van der Waals surface area contributed by atoms with E-state index in [4.69, 9.17) is 5.73 Å². The summed E-state index contributed by atoms with van der Waals surface area (Å²) in [5.41, 5.74) is 8.30. The monoisotopic (exact) mass is 186 g/mol. The molecule has 4 nitrogen and oxygen atoms in total. The number of aryl methyl sites for hydroxylation is 1. The van der Waals surface area contributed by atoms with E-state index in [1.165, 1.54) is 0 Å². The van der Waals surface area contributed by atoms with E-state index in [2.05, 4.69) is 15.0 Å². The van der Waals surface area contributed by atoms with Gasteiger partial charge in [0.15, 0.2) is 0 Å². The number of hydrogen-bond donors (Lipinski definition) is 1. The maximum absolute atomic E-state index is 5.47. The molecule has 0 aliphatic heterocycles. The number of nitrogen functional groups attached to an aromatic ring is 1. The molecule has 0 unspecified atom stereocenters. The number of rotatable bonds is 1.